The molecule has 0 spiro atoms. The zero-order valence-electron chi connectivity index (χ0n) is 6.72. The van der Waals surface area contributed by atoms with Crippen LogP contribution in [0.4, 0.5) is 0 Å². The molecule has 0 saturated carbocycles. The molecular formula is C10H14. The zero-order valence-corrected chi connectivity index (χ0v) is 6.72. The van der Waals surface area contributed by atoms with Crippen molar-refractivity contribution < 1.29 is 0 Å². The first-order chi connectivity index (χ1) is 4.70. The van der Waals surface area contributed by atoms with Crippen LogP contribution in [0.2, 0.25) is 0 Å². The molecule has 1 aliphatic rings. The van der Waals surface area contributed by atoms with Crippen molar-refractivity contribution in [1.29, 1.82) is 0 Å². The molecule has 0 fully saturated rings. The highest BCUT2D eigenvalue weighted by atomic mass is 14.1. The van der Waals surface area contributed by atoms with E-state index in [9.17, 15) is 0 Å². The average molecular weight is 134 g/mol. The van der Waals surface area contributed by atoms with E-state index < -0.39 is 0 Å². The van der Waals surface area contributed by atoms with Gasteiger partial charge in [0.25, 0.3) is 0 Å². The van der Waals surface area contributed by atoms with Gasteiger partial charge in [0.2, 0.25) is 0 Å². The lowest BCUT2D eigenvalue weighted by Gasteiger charge is -2.11. The molecule has 0 saturated heterocycles. The molecule has 0 aromatic carbocycles. The van der Waals surface area contributed by atoms with Gasteiger partial charge >= 0.3 is 0 Å². The van der Waals surface area contributed by atoms with Gasteiger partial charge in [-0.1, -0.05) is 44.2 Å². The lowest BCUT2D eigenvalue weighted by atomic mass is 9.95. The Balaban J connectivity index is 2.76. The van der Waals surface area contributed by atoms with Crippen LogP contribution < -0.4 is 0 Å². The number of hydrogen-bond donors (Lipinski definition) is 0. The highest BCUT2D eigenvalue weighted by Gasteiger charge is 2.02. The van der Waals surface area contributed by atoms with Gasteiger partial charge in [-0.2, -0.15) is 0 Å². The fourth-order valence-electron chi connectivity index (χ4n) is 1.05. The Morgan fingerprint density at radius 1 is 1.50 bits per heavy atom. The SMILES string of the molecule is C=C1C=C(C(C)C)C=CC1. The minimum absolute atomic E-state index is 0.633. The molecule has 0 radical (unpaired) electrons. The molecule has 1 rings (SSSR count). The van der Waals surface area contributed by atoms with Crippen molar-refractivity contribution in [2.45, 2.75) is 20.3 Å². The first-order valence-electron chi connectivity index (χ1n) is 3.76. The van der Waals surface area contributed by atoms with Crippen molar-refractivity contribution in [1.82, 2.24) is 0 Å². The third kappa shape index (κ3) is 1.60. The molecule has 0 unspecified atom stereocenters. The topological polar surface area (TPSA) is 0 Å². The van der Waals surface area contributed by atoms with Gasteiger partial charge in [0.15, 0.2) is 0 Å². The fraction of sp³-hybridized carbons (Fsp3) is 0.400. The largest absolute Gasteiger partial charge is 0.0955 e. The van der Waals surface area contributed by atoms with E-state index >= 15 is 0 Å². The van der Waals surface area contributed by atoms with Gasteiger partial charge in [-0.3, -0.25) is 0 Å². The second-order valence-corrected chi connectivity index (χ2v) is 3.06. The molecular weight excluding hydrogens is 120 g/mol. The van der Waals surface area contributed by atoms with E-state index in [0.29, 0.717) is 5.92 Å². The summed E-state index contributed by atoms with van der Waals surface area (Å²) in [6.07, 6.45) is 7.58. The summed E-state index contributed by atoms with van der Waals surface area (Å²) in [5.41, 5.74) is 2.63. The van der Waals surface area contributed by atoms with Crippen molar-refractivity contribution in [2.75, 3.05) is 0 Å². The van der Waals surface area contributed by atoms with Gasteiger partial charge in [0, 0.05) is 0 Å². The van der Waals surface area contributed by atoms with Crippen LogP contribution in [0.25, 0.3) is 0 Å². The van der Waals surface area contributed by atoms with Crippen molar-refractivity contribution in [2.24, 2.45) is 5.92 Å². The van der Waals surface area contributed by atoms with Crippen molar-refractivity contribution in [3.8, 4) is 0 Å². The first-order valence-corrected chi connectivity index (χ1v) is 3.76. The molecule has 0 amide bonds. The summed E-state index contributed by atoms with van der Waals surface area (Å²) in [5.74, 6) is 0.633. The quantitative estimate of drug-likeness (QED) is 0.517. The molecule has 0 N–H and O–H groups in total. The first kappa shape index (κ1) is 7.33. The Kier molecular flexibility index (Phi) is 2.10. The monoisotopic (exact) mass is 134 g/mol. The van der Waals surface area contributed by atoms with Crippen LogP contribution in [0.3, 0.4) is 0 Å². The summed E-state index contributed by atoms with van der Waals surface area (Å²) in [6, 6.07) is 0. The third-order valence-corrected chi connectivity index (χ3v) is 1.73. The lowest BCUT2D eigenvalue weighted by molar-refractivity contribution is 0.786. The van der Waals surface area contributed by atoms with Gasteiger partial charge in [-0.05, 0) is 17.9 Å². The Morgan fingerprint density at radius 2 is 2.20 bits per heavy atom. The van der Waals surface area contributed by atoms with Crippen LogP contribution in [0.1, 0.15) is 20.3 Å². The van der Waals surface area contributed by atoms with E-state index in [1.54, 1.807) is 0 Å². The van der Waals surface area contributed by atoms with E-state index in [2.05, 4.69) is 38.7 Å². The molecule has 54 valence electrons. The summed E-state index contributed by atoms with van der Waals surface area (Å²) in [7, 11) is 0. The molecule has 0 atom stereocenters. The molecule has 1 aliphatic carbocycles. The highest BCUT2D eigenvalue weighted by molar-refractivity contribution is 5.35. The minimum Gasteiger partial charge on any atom is -0.0955 e. The Labute approximate surface area is 62.9 Å². The Bertz CT molecular complexity index is 192. The highest BCUT2D eigenvalue weighted by Crippen LogP contribution is 2.19. The molecule has 0 aromatic rings. The number of allylic oxidation sites excluding steroid dienone is 5. The van der Waals surface area contributed by atoms with E-state index in [0.717, 1.165) is 6.42 Å². The number of rotatable bonds is 1. The predicted molar refractivity (Wildman–Crippen MR) is 45.8 cm³/mol. The average Bonchev–Trinajstić information content (AvgIpc) is 1.88. The fourth-order valence-corrected chi connectivity index (χ4v) is 1.05. The molecule has 0 aromatic heterocycles. The van der Waals surface area contributed by atoms with Crippen LogP contribution >= 0.6 is 0 Å². The Hall–Kier alpha value is -0.780. The number of hydrogen-bond acceptors (Lipinski definition) is 0. The van der Waals surface area contributed by atoms with E-state index in [1.165, 1.54) is 11.1 Å². The second kappa shape index (κ2) is 2.87. The molecule has 0 bridgehead atoms. The predicted octanol–water partition coefficient (Wildman–Crippen LogP) is 3.08. The van der Waals surface area contributed by atoms with Crippen LogP contribution in [-0.4, -0.2) is 0 Å². The lowest BCUT2D eigenvalue weighted by Crippen LogP contribution is -1.94. The van der Waals surface area contributed by atoms with Crippen molar-refractivity contribution in [3.05, 3.63) is 36.0 Å². The van der Waals surface area contributed by atoms with Gasteiger partial charge in [-0.25, -0.2) is 0 Å². The van der Waals surface area contributed by atoms with Crippen molar-refractivity contribution >= 4 is 0 Å². The maximum atomic E-state index is 3.92. The zero-order chi connectivity index (χ0) is 7.56. The van der Waals surface area contributed by atoms with Gasteiger partial charge in [0.1, 0.15) is 0 Å². The van der Waals surface area contributed by atoms with Gasteiger partial charge in [0.05, 0.1) is 0 Å². The van der Waals surface area contributed by atoms with Crippen LogP contribution in [0.5, 0.6) is 0 Å². The molecule has 0 nitrogen and oxygen atoms in total. The normalized spacial score (nSPS) is 17.9. The van der Waals surface area contributed by atoms with Crippen LogP contribution in [0, 0.1) is 5.92 Å². The summed E-state index contributed by atoms with van der Waals surface area (Å²) in [6.45, 7) is 8.33. The maximum Gasteiger partial charge on any atom is -0.01000 e. The van der Waals surface area contributed by atoms with Crippen LogP contribution in [-0.2, 0) is 0 Å². The molecule has 0 aliphatic heterocycles. The van der Waals surface area contributed by atoms with Gasteiger partial charge < -0.3 is 0 Å². The summed E-state index contributed by atoms with van der Waals surface area (Å²) in [5, 5.41) is 0. The standard InChI is InChI=1S/C10H14/c1-8(2)10-6-4-5-9(3)7-10/h4,6-8H,3,5H2,1-2H3. The van der Waals surface area contributed by atoms with E-state index in [-0.39, 0.29) is 0 Å². The molecule has 0 heteroatoms. The Morgan fingerprint density at radius 3 is 2.60 bits per heavy atom. The minimum atomic E-state index is 0.633. The summed E-state index contributed by atoms with van der Waals surface area (Å²) >= 11 is 0. The van der Waals surface area contributed by atoms with Gasteiger partial charge in [-0.15, -0.1) is 0 Å². The second-order valence-electron chi connectivity index (χ2n) is 3.06. The summed E-state index contributed by atoms with van der Waals surface area (Å²) in [4.78, 5) is 0. The smallest absolute Gasteiger partial charge is 0.01000 e. The van der Waals surface area contributed by atoms with Crippen molar-refractivity contribution in [3.63, 3.8) is 0 Å². The van der Waals surface area contributed by atoms with E-state index in [4.69, 9.17) is 0 Å². The molecule has 10 heavy (non-hydrogen) atoms. The molecule has 0 heterocycles. The third-order valence-electron chi connectivity index (χ3n) is 1.73. The summed E-state index contributed by atoms with van der Waals surface area (Å²) < 4.78 is 0. The van der Waals surface area contributed by atoms with E-state index in [1.807, 2.05) is 0 Å². The van der Waals surface area contributed by atoms with Crippen LogP contribution in [0.15, 0.2) is 36.0 Å². The maximum absolute atomic E-state index is 3.92.